The smallest absolute Gasteiger partial charge is 0.193 e. The van der Waals surface area contributed by atoms with Crippen LogP contribution in [0.5, 0.6) is 0 Å². The summed E-state index contributed by atoms with van der Waals surface area (Å²) < 4.78 is 0. The van der Waals surface area contributed by atoms with Gasteiger partial charge in [0.15, 0.2) is 5.78 Å². The zero-order valence-corrected chi connectivity index (χ0v) is 9.91. The fourth-order valence-corrected chi connectivity index (χ4v) is 2.11. The lowest BCUT2D eigenvalue weighted by Crippen LogP contribution is -2.41. The Hall–Kier alpha value is -1.15. The number of Topliss-reactive ketones (excluding diaryl/α,β-unsaturated/α-hetero) is 1. The first kappa shape index (κ1) is 12.9. The summed E-state index contributed by atoms with van der Waals surface area (Å²) in [5.74, 6) is -0.146. The van der Waals surface area contributed by atoms with E-state index in [0.29, 0.717) is 18.4 Å². The van der Waals surface area contributed by atoms with Crippen LogP contribution in [0.1, 0.15) is 39.0 Å². The van der Waals surface area contributed by atoms with Gasteiger partial charge in [0.25, 0.3) is 0 Å². The van der Waals surface area contributed by atoms with Gasteiger partial charge in [-0.1, -0.05) is 50.1 Å². The average molecular weight is 220 g/mol. The van der Waals surface area contributed by atoms with Gasteiger partial charge in [-0.15, -0.1) is 0 Å². The molecule has 16 heavy (non-hydrogen) atoms. The highest BCUT2D eigenvalue weighted by atomic mass is 16.3. The van der Waals surface area contributed by atoms with Crippen molar-refractivity contribution in [2.75, 3.05) is 0 Å². The van der Waals surface area contributed by atoms with E-state index >= 15 is 0 Å². The Morgan fingerprint density at radius 2 is 1.94 bits per heavy atom. The van der Waals surface area contributed by atoms with E-state index in [4.69, 9.17) is 0 Å². The minimum atomic E-state index is -1.13. The first-order chi connectivity index (χ1) is 7.64. The molecule has 0 aromatic carbocycles. The van der Waals surface area contributed by atoms with Gasteiger partial charge in [-0.2, -0.15) is 0 Å². The number of rotatable bonds is 4. The quantitative estimate of drug-likeness (QED) is 0.584. The molecule has 1 saturated carbocycles. The first-order valence-corrected chi connectivity index (χ1v) is 5.86. The number of ketones is 1. The summed E-state index contributed by atoms with van der Waals surface area (Å²) in [4.78, 5) is 12.2. The van der Waals surface area contributed by atoms with E-state index in [2.05, 4.69) is 6.58 Å². The van der Waals surface area contributed by atoms with Crippen molar-refractivity contribution in [3.8, 4) is 0 Å². The molecule has 0 unspecified atom stereocenters. The van der Waals surface area contributed by atoms with Crippen LogP contribution < -0.4 is 0 Å². The lowest BCUT2D eigenvalue weighted by Gasteiger charge is -2.30. The molecule has 0 radical (unpaired) electrons. The highest BCUT2D eigenvalue weighted by Gasteiger charge is 2.37. The molecule has 0 bridgehead atoms. The van der Waals surface area contributed by atoms with Crippen LogP contribution in [0.2, 0.25) is 0 Å². The largest absolute Gasteiger partial charge is 0.382 e. The summed E-state index contributed by atoms with van der Waals surface area (Å²) in [5, 5.41) is 10.3. The zero-order valence-electron chi connectivity index (χ0n) is 9.91. The molecular weight excluding hydrogens is 200 g/mol. The molecule has 2 nitrogen and oxygen atoms in total. The van der Waals surface area contributed by atoms with Gasteiger partial charge in [0.05, 0.1) is 0 Å². The van der Waals surface area contributed by atoms with E-state index in [0.717, 1.165) is 19.3 Å². The normalized spacial score (nSPS) is 21.0. The Balaban J connectivity index is 2.81. The van der Waals surface area contributed by atoms with E-state index in [1.165, 1.54) is 0 Å². The molecule has 2 heteroatoms. The van der Waals surface area contributed by atoms with Crippen LogP contribution in [0.15, 0.2) is 36.5 Å². The minimum Gasteiger partial charge on any atom is -0.382 e. The van der Waals surface area contributed by atoms with Gasteiger partial charge in [0, 0.05) is 5.57 Å². The monoisotopic (exact) mass is 220 g/mol. The molecule has 0 heterocycles. The van der Waals surface area contributed by atoms with Crippen molar-refractivity contribution in [1.82, 2.24) is 0 Å². The van der Waals surface area contributed by atoms with Crippen molar-refractivity contribution in [3.05, 3.63) is 36.5 Å². The number of carbonyl (C=O) groups excluding carboxylic acids is 1. The molecular formula is C14H20O2. The lowest BCUT2D eigenvalue weighted by molar-refractivity contribution is -0.136. The van der Waals surface area contributed by atoms with Crippen LogP contribution in [0.4, 0.5) is 0 Å². The van der Waals surface area contributed by atoms with Gasteiger partial charge in [-0.05, 0) is 19.8 Å². The first-order valence-electron chi connectivity index (χ1n) is 5.86. The van der Waals surface area contributed by atoms with E-state index in [-0.39, 0.29) is 5.78 Å². The molecule has 0 aliphatic heterocycles. The van der Waals surface area contributed by atoms with Gasteiger partial charge in [0.2, 0.25) is 0 Å². The highest BCUT2D eigenvalue weighted by Crippen LogP contribution is 2.31. The van der Waals surface area contributed by atoms with Crippen LogP contribution in [0, 0.1) is 0 Å². The van der Waals surface area contributed by atoms with Crippen molar-refractivity contribution in [2.45, 2.75) is 44.6 Å². The van der Waals surface area contributed by atoms with Crippen molar-refractivity contribution in [1.29, 1.82) is 0 Å². The third-order valence-corrected chi connectivity index (χ3v) is 3.09. The molecule has 1 aliphatic carbocycles. The number of carbonyl (C=O) groups is 1. The van der Waals surface area contributed by atoms with Crippen LogP contribution >= 0.6 is 0 Å². The van der Waals surface area contributed by atoms with Crippen LogP contribution in [0.3, 0.4) is 0 Å². The van der Waals surface area contributed by atoms with Crippen molar-refractivity contribution >= 4 is 5.78 Å². The summed E-state index contributed by atoms with van der Waals surface area (Å²) in [6.45, 7) is 5.38. The fourth-order valence-electron chi connectivity index (χ4n) is 2.11. The summed E-state index contributed by atoms with van der Waals surface area (Å²) in [7, 11) is 0. The average Bonchev–Trinajstić information content (AvgIpc) is 2.31. The van der Waals surface area contributed by atoms with Gasteiger partial charge < -0.3 is 5.11 Å². The summed E-state index contributed by atoms with van der Waals surface area (Å²) >= 11 is 0. The van der Waals surface area contributed by atoms with Gasteiger partial charge in [0.1, 0.15) is 5.60 Å². The predicted octanol–water partition coefficient (Wildman–Crippen LogP) is 2.94. The van der Waals surface area contributed by atoms with E-state index in [1.54, 1.807) is 24.3 Å². The zero-order chi connectivity index (χ0) is 12.0. The predicted molar refractivity (Wildman–Crippen MR) is 66.1 cm³/mol. The topological polar surface area (TPSA) is 37.3 Å². The summed E-state index contributed by atoms with van der Waals surface area (Å²) in [6, 6.07) is 0. The minimum absolute atomic E-state index is 0.146. The maximum atomic E-state index is 12.2. The molecule has 0 saturated heterocycles. The molecule has 1 fully saturated rings. The Morgan fingerprint density at radius 3 is 2.44 bits per heavy atom. The van der Waals surface area contributed by atoms with Crippen molar-refractivity contribution < 1.29 is 9.90 Å². The molecule has 0 aromatic heterocycles. The number of hydrogen-bond donors (Lipinski definition) is 1. The number of allylic oxidation sites excluding steroid dienone is 4. The summed E-state index contributed by atoms with van der Waals surface area (Å²) in [6.07, 6.45) is 11.0. The second-order valence-corrected chi connectivity index (χ2v) is 4.26. The SMILES string of the molecule is C=C/C=C\C(=C/C)C(=O)C1(O)CCCCC1. The number of aliphatic hydroxyl groups is 1. The van der Waals surface area contributed by atoms with Crippen LogP contribution in [-0.2, 0) is 4.79 Å². The molecule has 0 amide bonds. The third kappa shape index (κ3) is 2.92. The Labute approximate surface area is 97.4 Å². The fraction of sp³-hybridized carbons (Fsp3) is 0.500. The Kier molecular flexibility index (Phi) is 4.69. The van der Waals surface area contributed by atoms with Gasteiger partial charge >= 0.3 is 0 Å². The standard InChI is InChI=1S/C14H20O2/c1-3-5-9-12(4-2)13(15)14(16)10-7-6-8-11-14/h3-5,9,16H,1,6-8,10-11H2,2H3/b9-5-,12-4+. The molecule has 1 aliphatic rings. The van der Waals surface area contributed by atoms with Crippen molar-refractivity contribution in [2.24, 2.45) is 0 Å². The Morgan fingerprint density at radius 1 is 1.31 bits per heavy atom. The van der Waals surface area contributed by atoms with Gasteiger partial charge in [-0.3, -0.25) is 4.79 Å². The summed E-state index contributed by atoms with van der Waals surface area (Å²) in [5.41, 5.74) is -0.560. The van der Waals surface area contributed by atoms with E-state index < -0.39 is 5.60 Å². The highest BCUT2D eigenvalue weighted by molar-refractivity contribution is 6.03. The molecule has 88 valence electrons. The third-order valence-electron chi connectivity index (χ3n) is 3.09. The van der Waals surface area contributed by atoms with Crippen molar-refractivity contribution in [3.63, 3.8) is 0 Å². The van der Waals surface area contributed by atoms with Crippen LogP contribution in [-0.4, -0.2) is 16.5 Å². The second kappa shape index (κ2) is 5.80. The lowest BCUT2D eigenvalue weighted by atomic mass is 9.79. The van der Waals surface area contributed by atoms with E-state index in [9.17, 15) is 9.90 Å². The van der Waals surface area contributed by atoms with E-state index in [1.807, 2.05) is 6.92 Å². The maximum absolute atomic E-state index is 12.2. The van der Waals surface area contributed by atoms with Gasteiger partial charge in [-0.25, -0.2) is 0 Å². The van der Waals surface area contributed by atoms with Crippen LogP contribution in [0.25, 0.3) is 0 Å². The molecule has 0 aromatic rings. The molecule has 1 rings (SSSR count). The number of hydrogen-bond acceptors (Lipinski definition) is 2. The maximum Gasteiger partial charge on any atom is 0.193 e. The molecule has 0 spiro atoms. The second-order valence-electron chi connectivity index (χ2n) is 4.26. The molecule has 0 atom stereocenters. The Bertz CT molecular complexity index is 318. The molecule has 1 N–H and O–H groups in total.